The fourth-order valence-electron chi connectivity index (χ4n) is 1.74. The first-order valence-electron chi connectivity index (χ1n) is 7.51. The van der Waals surface area contributed by atoms with E-state index in [1.807, 2.05) is 6.92 Å². The van der Waals surface area contributed by atoms with Gasteiger partial charge < -0.3 is 10.6 Å². The molecule has 0 aliphatic carbocycles. The van der Waals surface area contributed by atoms with Crippen LogP contribution >= 0.6 is 35.3 Å². The summed E-state index contributed by atoms with van der Waals surface area (Å²) in [6, 6.07) is 0. The number of nitrogens with zero attached hydrogens (tertiary/aromatic N) is 2. The lowest BCUT2D eigenvalue weighted by Crippen LogP contribution is -2.38. The van der Waals surface area contributed by atoms with Crippen molar-refractivity contribution in [3.05, 3.63) is 16.1 Å². The SMILES string of the molecule is CCCCCN=C(NCC)NCCc1nc(C(F)(F)F)cs1.I. The van der Waals surface area contributed by atoms with Crippen LogP contribution in [0.15, 0.2) is 10.4 Å². The zero-order valence-electron chi connectivity index (χ0n) is 13.4. The Kier molecular flexibility index (Phi) is 11.6. The van der Waals surface area contributed by atoms with E-state index in [-0.39, 0.29) is 24.0 Å². The Morgan fingerprint density at radius 3 is 2.57 bits per heavy atom. The molecule has 0 spiro atoms. The van der Waals surface area contributed by atoms with Gasteiger partial charge in [0.05, 0.1) is 5.01 Å². The van der Waals surface area contributed by atoms with E-state index in [9.17, 15) is 13.2 Å². The van der Waals surface area contributed by atoms with Gasteiger partial charge in [-0.25, -0.2) is 4.98 Å². The van der Waals surface area contributed by atoms with Crippen molar-refractivity contribution in [3.63, 3.8) is 0 Å². The lowest BCUT2D eigenvalue weighted by Gasteiger charge is -2.10. The zero-order valence-corrected chi connectivity index (χ0v) is 16.5. The van der Waals surface area contributed by atoms with E-state index in [1.54, 1.807) is 0 Å². The van der Waals surface area contributed by atoms with Gasteiger partial charge in [-0.3, -0.25) is 4.99 Å². The van der Waals surface area contributed by atoms with Crippen molar-refractivity contribution >= 4 is 41.3 Å². The molecule has 1 aromatic heterocycles. The molecule has 1 heterocycles. The predicted molar refractivity (Wildman–Crippen MR) is 99.7 cm³/mol. The van der Waals surface area contributed by atoms with Crippen LogP contribution in [0.25, 0.3) is 0 Å². The molecule has 1 rings (SSSR count). The van der Waals surface area contributed by atoms with E-state index in [1.165, 1.54) is 0 Å². The first-order valence-corrected chi connectivity index (χ1v) is 8.39. The first-order chi connectivity index (χ1) is 10.5. The van der Waals surface area contributed by atoms with Crippen LogP contribution in [0.4, 0.5) is 13.2 Å². The third-order valence-corrected chi connectivity index (χ3v) is 3.76. The monoisotopic (exact) mass is 464 g/mol. The second-order valence-electron chi connectivity index (χ2n) is 4.77. The van der Waals surface area contributed by atoms with Crippen molar-refractivity contribution in [2.24, 2.45) is 4.99 Å². The van der Waals surface area contributed by atoms with E-state index < -0.39 is 11.9 Å². The van der Waals surface area contributed by atoms with Gasteiger partial charge in [0.15, 0.2) is 11.7 Å². The van der Waals surface area contributed by atoms with Crippen LogP contribution in [-0.4, -0.2) is 30.6 Å². The highest BCUT2D eigenvalue weighted by molar-refractivity contribution is 14.0. The van der Waals surface area contributed by atoms with Gasteiger partial charge >= 0.3 is 6.18 Å². The molecule has 4 nitrogen and oxygen atoms in total. The number of halogens is 4. The maximum atomic E-state index is 12.5. The summed E-state index contributed by atoms with van der Waals surface area (Å²) < 4.78 is 37.4. The summed E-state index contributed by atoms with van der Waals surface area (Å²) in [6.07, 6.45) is -0.597. The number of rotatable bonds is 8. The number of unbranched alkanes of at least 4 members (excludes halogenated alkanes) is 2. The number of alkyl halides is 3. The van der Waals surface area contributed by atoms with Crippen molar-refractivity contribution in [3.8, 4) is 0 Å². The van der Waals surface area contributed by atoms with Crippen LogP contribution in [0.1, 0.15) is 43.8 Å². The molecule has 2 N–H and O–H groups in total. The van der Waals surface area contributed by atoms with Crippen LogP contribution in [0.3, 0.4) is 0 Å². The van der Waals surface area contributed by atoms with Crippen LogP contribution in [0.2, 0.25) is 0 Å². The number of hydrogen-bond donors (Lipinski definition) is 2. The molecule has 1 aromatic rings. The van der Waals surface area contributed by atoms with E-state index in [2.05, 4.69) is 27.5 Å². The van der Waals surface area contributed by atoms with E-state index >= 15 is 0 Å². The first kappa shape index (κ1) is 22.4. The fourth-order valence-corrected chi connectivity index (χ4v) is 2.54. The van der Waals surface area contributed by atoms with Crippen LogP contribution < -0.4 is 10.6 Å². The molecule has 0 aromatic carbocycles. The van der Waals surface area contributed by atoms with Gasteiger partial charge in [0.25, 0.3) is 0 Å². The highest BCUT2D eigenvalue weighted by atomic mass is 127. The maximum Gasteiger partial charge on any atom is 0.434 e. The van der Waals surface area contributed by atoms with Crippen molar-refractivity contribution in [1.29, 1.82) is 0 Å². The topological polar surface area (TPSA) is 49.3 Å². The molecule has 0 aliphatic heterocycles. The van der Waals surface area contributed by atoms with Crippen molar-refractivity contribution < 1.29 is 13.2 Å². The van der Waals surface area contributed by atoms with Gasteiger partial charge in [-0.05, 0) is 13.3 Å². The molecule has 0 saturated heterocycles. The van der Waals surface area contributed by atoms with Gasteiger partial charge in [-0.15, -0.1) is 35.3 Å². The van der Waals surface area contributed by atoms with Crippen molar-refractivity contribution in [2.45, 2.75) is 45.7 Å². The third-order valence-electron chi connectivity index (χ3n) is 2.85. The molecule has 0 radical (unpaired) electrons. The molecule has 0 fully saturated rings. The molecule has 0 amide bonds. The minimum atomic E-state index is -4.36. The molecule has 23 heavy (non-hydrogen) atoms. The third kappa shape index (κ3) is 9.33. The number of nitrogens with one attached hydrogen (secondary N) is 2. The summed E-state index contributed by atoms with van der Waals surface area (Å²) in [5, 5.41) is 7.76. The highest BCUT2D eigenvalue weighted by Gasteiger charge is 2.33. The Balaban J connectivity index is 0.00000484. The van der Waals surface area contributed by atoms with Crippen LogP contribution in [0.5, 0.6) is 0 Å². The standard InChI is InChI=1S/C14H23F3N4S.HI/c1-3-5-6-8-19-13(18-4-2)20-9-7-12-21-11(10-22-12)14(15,16)17;/h10H,3-9H2,1-2H3,(H2,18,19,20);1H. The Bertz CT molecular complexity index is 463. The van der Waals surface area contributed by atoms with Gasteiger partial charge in [-0.2, -0.15) is 13.2 Å². The number of aromatic nitrogens is 1. The molecule has 0 bridgehead atoms. The smallest absolute Gasteiger partial charge is 0.357 e. The average molecular weight is 464 g/mol. The van der Waals surface area contributed by atoms with Crippen molar-refractivity contribution in [2.75, 3.05) is 19.6 Å². The second-order valence-corrected chi connectivity index (χ2v) is 5.71. The Morgan fingerprint density at radius 1 is 1.26 bits per heavy atom. The molecule has 0 atom stereocenters. The van der Waals surface area contributed by atoms with Gasteiger partial charge in [0.1, 0.15) is 0 Å². The van der Waals surface area contributed by atoms with Crippen LogP contribution in [0, 0.1) is 0 Å². The Hall–Kier alpha value is -0.580. The molecule has 134 valence electrons. The number of hydrogen-bond acceptors (Lipinski definition) is 3. The lowest BCUT2D eigenvalue weighted by atomic mass is 10.2. The Morgan fingerprint density at radius 2 is 2.00 bits per heavy atom. The largest absolute Gasteiger partial charge is 0.434 e. The minimum Gasteiger partial charge on any atom is -0.357 e. The molecule has 9 heteroatoms. The number of thiazole rings is 1. The summed E-state index contributed by atoms with van der Waals surface area (Å²) >= 11 is 1.03. The lowest BCUT2D eigenvalue weighted by molar-refractivity contribution is -0.140. The van der Waals surface area contributed by atoms with Gasteiger partial charge in [0, 0.05) is 31.4 Å². The number of guanidine groups is 1. The molecule has 0 unspecified atom stereocenters. The molecular formula is C14H24F3IN4S. The van der Waals surface area contributed by atoms with Crippen molar-refractivity contribution in [1.82, 2.24) is 15.6 Å². The average Bonchev–Trinajstić information content (AvgIpc) is 2.92. The molecule has 0 aliphatic rings. The second kappa shape index (κ2) is 11.9. The summed E-state index contributed by atoms with van der Waals surface area (Å²) in [4.78, 5) is 8.03. The quantitative estimate of drug-likeness (QED) is 0.264. The maximum absolute atomic E-state index is 12.5. The minimum absolute atomic E-state index is 0. The summed E-state index contributed by atoms with van der Waals surface area (Å²) in [5.74, 6) is 0.700. The van der Waals surface area contributed by atoms with E-state index in [0.29, 0.717) is 23.9 Å². The van der Waals surface area contributed by atoms with Gasteiger partial charge in [-0.1, -0.05) is 19.8 Å². The predicted octanol–water partition coefficient (Wildman–Crippen LogP) is 4.07. The van der Waals surface area contributed by atoms with E-state index in [0.717, 1.165) is 49.1 Å². The highest BCUT2D eigenvalue weighted by Crippen LogP contribution is 2.29. The van der Waals surface area contributed by atoms with E-state index in [4.69, 9.17) is 0 Å². The van der Waals surface area contributed by atoms with Gasteiger partial charge in [0.2, 0.25) is 0 Å². The Labute approximate surface area is 156 Å². The summed E-state index contributed by atoms with van der Waals surface area (Å²) in [7, 11) is 0. The van der Waals surface area contributed by atoms with Crippen LogP contribution in [-0.2, 0) is 12.6 Å². The molecule has 0 saturated carbocycles. The summed E-state index contributed by atoms with van der Waals surface area (Å²) in [5.41, 5.74) is -0.812. The fraction of sp³-hybridized carbons (Fsp3) is 0.714. The molecular weight excluding hydrogens is 440 g/mol. The normalized spacial score (nSPS) is 12.0. The number of aliphatic imine (C=N–C) groups is 1. The zero-order chi connectivity index (χ0) is 16.4. The summed E-state index contributed by atoms with van der Waals surface area (Å²) in [6.45, 7) is 6.11.